The Morgan fingerprint density at radius 2 is 1.81 bits per heavy atom. The van der Waals surface area contributed by atoms with Crippen molar-refractivity contribution in [3.05, 3.63) is 78.0 Å². The monoisotopic (exact) mass is 468 g/mol. The Morgan fingerprint density at radius 1 is 1.09 bits per heavy atom. The summed E-state index contributed by atoms with van der Waals surface area (Å²) >= 11 is 0. The van der Waals surface area contributed by atoms with Gasteiger partial charge in [-0.2, -0.15) is 17.5 Å². The van der Waals surface area contributed by atoms with Crippen molar-refractivity contribution in [2.24, 2.45) is 7.05 Å². The fourth-order valence-corrected chi connectivity index (χ4v) is 5.31. The zero-order valence-corrected chi connectivity index (χ0v) is 17.7. The molecular formula is C21H20F4N4O2S. The van der Waals surface area contributed by atoms with E-state index in [0.717, 1.165) is 17.7 Å². The molecule has 1 saturated heterocycles. The first-order valence-corrected chi connectivity index (χ1v) is 11.2. The van der Waals surface area contributed by atoms with E-state index in [-0.39, 0.29) is 29.7 Å². The van der Waals surface area contributed by atoms with Crippen LogP contribution in [0.1, 0.15) is 17.0 Å². The summed E-state index contributed by atoms with van der Waals surface area (Å²) in [4.78, 5) is 3.93. The molecule has 32 heavy (non-hydrogen) atoms. The summed E-state index contributed by atoms with van der Waals surface area (Å²) in [6.45, 7) is 0.0817. The van der Waals surface area contributed by atoms with Crippen molar-refractivity contribution in [1.82, 2.24) is 13.9 Å². The van der Waals surface area contributed by atoms with Crippen molar-refractivity contribution in [1.29, 1.82) is 0 Å². The lowest BCUT2D eigenvalue weighted by molar-refractivity contribution is -0.137. The highest BCUT2D eigenvalue weighted by Crippen LogP contribution is 2.35. The van der Waals surface area contributed by atoms with Gasteiger partial charge in [-0.1, -0.05) is 30.3 Å². The first kappa shape index (κ1) is 22.3. The second kappa shape index (κ2) is 8.21. The minimum absolute atomic E-state index is 0.0175. The number of aromatic nitrogens is 2. The highest BCUT2D eigenvalue weighted by atomic mass is 32.2. The molecule has 1 fully saturated rings. The summed E-state index contributed by atoms with van der Waals surface area (Å²) in [7, 11) is -2.27. The summed E-state index contributed by atoms with van der Waals surface area (Å²) in [6.07, 6.45) is -1.95. The van der Waals surface area contributed by atoms with Crippen LogP contribution in [0.3, 0.4) is 0 Å². The van der Waals surface area contributed by atoms with Gasteiger partial charge < -0.3 is 9.88 Å². The lowest BCUT2D eigenvalue weighted by Gasteiger charge is -2.22. The molecule has 1 N–H and O–H groups in total. The molecule has 4 rings (SSSR count). The Kier molecular flexibility index (Phi) is 5.72. The molecule has 2 aromatic carbocycles. The fraction of sp³-hybridized carbons (Fsp3) is 0.286. The number of aryl methyl sites for hydroxylation is 1. The fourth-order valence-electron chi connectivity index (χ4n) is 3.85. The van der Waals surface area contributed by atoms with E-state index < -0.39 is 33.6 Å². The molecule has 0 saturated carbocycles. The third kappa shape index (κ3) is 4.49. The van der Waals surface area contributed by atoms with Gasteiger partial charge >= 0.3 is 6.18 Å². The minimum atomic E-state index is -4.71. The maximum Gasteiger partial charge on any atom is 0.416 e. The van der Waals surface area contributed by atoms with Crippen LogP contribution < -0.4 is 5.32 Å². The molecule has 3 aromatic rings. The molecule has 0 spiro atoms. The highest BCUT2D eigenvalue weighted by Gasteiger charge is 2.41. The summed E-state index contributed by atoms with van der Waals surface area (Å²) in [6, 6.07) is 10.7. The molecule has 0 bridgehead atoms. The minimum Gasteiger partial charge on any atom is -0.380 e. The summed E-state index contributed by atoms with van der Waals surface area (Å²) < 4.78 is 82.2. The van der Waals surface area contributed by atoms with E-state index in [1.807, 2.05) is 18.2 Å². The number of rotatable bonds is 5. The van der Waals surface area contributed by atoms with Crippen molar-refractivity contribution in [2.75, 3.05) is 18.4 Å². The molecule has 170 valence electrons. The quantitative estimate of drug-likeness (QED) is 0.578. The normalized spacial score (nSPS) is 19.9. The van der Waals surface area contributed by atoms with Crippen LogP contribution in [0.4, 0.5) is 23.2 Å². The van der Waals surface area contributed by atoms with Crippen LogP contribution in [0.15, 0.2) is 66.1 Å². The van der Waals surface area contributed by atoms with Gasteiger partial charge in [0.15, 0.2) is 5.03 Å². The van der Waals surface area contributed by atoms with Gasteiger partial charge in [-0.05, 0) is 23.8 Å². The summed E-state index contributed by atoms with van der Waals surface area (Å²) in [5.74, 6) is -1.40. The lowest BCUT2D eigenvalue weighted by Crippen LogP contribution is -2.32. The van der Waals surface area contributed by atoms with Gasteiger partial charge in [-0.25, -0.2) is 17.8 Å². The molecule has 6 nitrogen and oxygen atoms in total. The van der Waals surface area contributed by atoms with Crippen molar-refractivity contribution in [2.45, 2.75) is 23.2 Å². The maximum absolute atomic E-state index is 13.9. The molecule has 1 aromatic heterocycles. The Bertz CT molecular complexity index is 1210. The predicted octanol–water partition coefficient (Wildman–Crippen LogP) is 3.85. The van der Waals surface area contributed by atoms with E-state index in [1.54, 1.807) is 19.2 Å². The standard InChI is InChI=1S/C21H20F4N4O2S/c1-28-12-20(26-13-28)32(30,31)29-10-18(14-5-3-2-4-6-14)19(11-29)27-17-8-15(21(23,24)25)7-16(22)9-17/h2-9,12-13,18-19,27H,10-11H2,1H3/t18-,19+/m1/s1. The number of hydrogen-bond donors (Lipinski definition) is 1. The summed E-state index contributed by atoms with van der Waals surface area (Å²) in [5, 5.41) is 2.82. The van der Waals surface area contributed by atoms with Crippen LogP contribution in [0.25, 0.3) is 0 Å². The second-order valence-electron chi connectivity index (χ2n) is 7.69. The third-order valence-electron chi connectivity index (χ3n) is 5.38. The Labute approximate surface area is 182 Å². The van der Waals surface area contributed by atoms with Gasteiger partial charge in [0, 0.05) is 44.0 Å². The molecule has 2 atom stereocenters. The number of alkyl halides is 3. The molecule has 11 heteroatoms. The number of halogens is 4. The Balaban J connectivity index is 1.67. The molecular weight excluding hydrogens is 448 g/mol. The average Bonchev–Trinajstić information content (AvgIpc) is 3.35. The molecule has 1 aliphatic heterocycles. The van der Waals surface area contributed by atoms with Crippen LogP contribution in [0.2, 0.25) is 0 Å². The zero-order valence-electron chi connectivity index (χ0n) is 16.9. The zero-order chi connectivity index (χ0) is 23.1. The van der Waals surface area contributed by atoms with Crippen molar-refractivity contribution < 1.29 is 26.0 Å². The third-order valence-corrected chi connectivity index (χ3v) is 7.09. The SMILES string of the molecule is Cn1cnc(S(=O)(=O)N2C[C@H](Nc3cc(F)cc(C(F)(F)F)c3)[C@@H](c3ccccc3)C2)c1. The summed E-state index contributed by atoms with van der Waals surface area (Å²) in [5.41, 5.74) is -0.372. The van der Waals surface area contributed by atoms with Gasteiger partial charge in [-0.15, -0.1) is 0 Å². The molecule has 0 radical (unpaired) electrons. The van der Waals surface area contributed by atoms with Gasteiger partial charge in [-0.3, -0.25) is 0 Å². The number of nitrogens with one attached hydrogen (secondary N) is 1. The van der Waals surface area contributed by atoms with Crippen LogP contribution in [0.5, 0.6) is 0 Å². The van der Waals surface area contributed by atoms with Crippen LogP contribution >= 0.6 is 0 Å². The number of nitrogens with zero attached hydrogens (tertiary/aromatic N) is 3. The number of hydrogen-bond acceptors (Lipinski definition) is 4. The molecule has 2 heterocycles. The van der Waals surface area contributed by atoms with E-state index in [9.17, 15) is 26.0 Å². The number of imidazole rings is 1. The van der Waals surface area contributed by atoms with E-state index in [0.29, 0.717) is 6.07 Å². The second-order valence-corrected chi connectivity index (χ2v) is 9.58. The first-order valence-electron chi connectivity index (χ1n) is 9.71. The van der Waals surface area contributed by atoms with Gasteiger partial charge in [0.2, 0.25) is 0 Å². The molecule has 0 aliphatic carbocycles. The van der Waals surface area contributed by atoms with Crippen LogP contribution in [0, 0.1) is 5.82 Å². The van der Waals surface area contributed by atoms with E-state index in [4.69, 9.17) is 0 Å². The van der Waals surface area contributed by atoms with Gasteiger partial charge in [0.05, 0.1) is 11.9 Å². The van der Waals surface area contributed by atoms with E-state index in [1.165, 1.54) is 21.4 Å². The maximum atomic E-state index is 13.9. The topological polar surface area (TPSA) is 67.2 Å². The first-order chi connectivity index (χ1) is 15.0. The van der Waals surface area contributed by atoms with Crippen molar-refractivity contribution in [3.63, 3.8) is 0 Å². The van der Waals surface area contributed by atoms with E-state index >= 15 is 0 Å². The predicted molar refractivity (Wildman–Crippen MR) is 110 cm³/mol. The number of sulfonamides is 1. The molecule has 0 amide bonds. The average molecular weight is 468 g/mol. The Morgan fingerprint density at radius 3 is 2.44 bits per heavy atom. The van der Waals surface area contributed by atoms with Crippen molar-refractivity contribution in [3.8, 4) is 0 Å². The van der Waals surface area contributed by atoms with Crippen LogP contribution in [-0.4, -0.2) is 41.4 Å². The van der Waals surface area contributed by atoms with Crippen LogP contribution in [-0.2, 0) is 23.2 Å². The molecule has 0 unspecified atom stereocenters. The largest absolute Gasteiger partial charge is 0.416 e. The van der Waals surface area contributed by atoms with Gasteiger partial charge in [0.25, 0.3) is 10.0 Å². The van der Waals surface area contributed by atoms with E-state index in [2.05, 4.69) is 10.3 Å². The van der Waals surface area contributed by atoms with Gasteiger partial charge in [0.1, 0.15) is 5.82 Å². The molecule has 1 aliphatic rings. The highest BCUT2D eigenvalue weighted by molar-refractivity contribution is 7.89. The number of benzene rings is 2. The lowest BCUT2D eigenvalue weighted by atomic mass is 9.94. The van der Waals surface area contributed by atoms with Crippen molar-refractivity contribution >= 4 is 15.7 Å². The number of anilines is 1. The smallest absolute Gasteiger partial charge is 0.380 e. The Hall–Kier alpha value is -2.92.